The van der Waals surface area contributed by atoms with Gasteiger partial charge in [-0.3, -0.25) is 0 Å². The third-order valence-corrected chi connectivity index (χ3v) is 6.82. The molecule has 3 N–H and O–H groups in total. The van der Waals surface area contributed by atoms with Crippen LogP contribution in [0.4, 0.5) is 36.4 Å². The summed E-state index contributed by atoms with van der Waals surface area (Å²) >= 11 is 5.26. The quantitative estimate of drug-likeness (QED) is 0.391. The predicted octanol–water partition coefficient (Wildman–Crippen LogP) is 4.03. The highest BCUT2D eigenvalue weighted by atomic mass is 32.1. The normalized spacial score (nSPS) is 15.9. The van der Waals surface area contributed by atoms with Crippen molar-refractivity contribution in [2.24, 2.45) is 0 Å². The van der Waals surface area contributed by atoms with Gasteiger partial charge in [0.05, 0.1) is 5.56 Å². The number of thiocarbonyl (C=S) groups is 1. The molecule has 0 saturated carbocycles. The van der Waals surface area contributed by atoms with Gasteiger partial charge in [0.15, 0.2) is 5.11 Å². The average Bonchev–Trinajstić information content (AvgIpc) is 3.58. The Morgan fingerprint density at radius 2 is 1.57 bits per heavy atom. The van der Waals surface area contributed by atoms with E-state index in [-0.39, 0.29) is 0 Å². The highest BCUT2D eigenvalue weighted by Gasteiger charge is 2.30. The molecule has 37 heavy (non-hydrogen) atoms. The van der Waals surface area contributed by atoms with Crippen LogP contribution in [0, 0.1) is 0 Å². The minimum Gasteiger partial charge on any atom is -0.369 e. The van der Waals surface area contributed by atoms with Gasteiger partial charge in [0.2, 0.25) is 5.95 Å². The Kier molecular flexibility index (Phi) is 9.25. The lowest BCUT2D eigenvalue weighted by Crippen LogP contribution is -2.36. The molecule has 8 nitrogen and oxygen atoms in total. The lowest BCUT2D eigenvalue weighted by molar-refractivity contribution is -0.137. The second-order valence-corrected chi connectivity index (χ2v) is 9.89. The van der Waals surface area contributed by atoms with Crippen LogP contribution >= 0.6 is 12.2 Å². The molecular formula is C25H35F3N8S. The summed E-state index contributed by atoms with van der Waals surface area (Å²) in [5.74, 6) is 2.67. The fraction of sp³-hybridized carbons (Fsp3) is 0.560. The number of halogens is 3. The zero-order valence-electron chi connectivity index (χ0n) is 21.2. The van der Waals surface area contributed by atoms with E-state index >= 15 is 0 Å². The number of nitrogens with one attached hydrogen (secondary N) is 3. The van der Waals surface area contributed by atoms with Gasteiger partial charge in [-0.05, 0) is 69.2 Å². The first-order valence-corrected chi connectivity index (χ1v) is 13.2. The maximum atomic E-state index is 12.7. The lowest BCUT2D eigenvalue weighted by atomic mass is 10.2. The molecule has 0 aliphatic carbocycles. The van der Waals surface area contributed by atoms with Gasteiger partial charge in [-0.1, -0.05) is 0 Å². The molecule has 2 fully saturated rings. The summed E-state index contributed by atoms with van der Waals surface area (Å²) in [6, 6.07) is 6.85. The van der Waals surface area contributed by atoms with Crippen LogP contribution in [0.5, 0.6) is 0 Å². The second kappa shape index (κ2) is 12.6. The predicted molar refractivity (Wildman–Crippen MR) is 147 cm³/mol. The zero-order chi connectivity index (χ0) is 26.3. The summed E-state index contributed by atoms with van der Waals surface area (Å²) in [4.78, 5) is 16.4. The van der Waals surface area contributed by atoms with Crippen molar-refractivity contribution in [3.8, 4) is 0 Å². The maximum absolute atomic E-state index is 12.7. The van der Waals surface area contributed by atoms with Crippen molar-refractivity contribution in [2.75, 3.05) is 79.8 Å². The molecule has 1 aromatic heterocycles. The fourth-order valence-corrected chi connectivity index (χ4v) is 4.66. The molecule has 2 aliphatic heterocycles. The van der Waals surface area contributed by atoms with Crippen molar-refractivity contribution in [3.63, 3.8) is 0 Å². The minimum absolute atomic E-state index is 0.371. The fourth-order valence-electron chi connectivity index (χ4n) is 4.44. The van der Waals surface area contributed by atoms with Crippen molar-refractivity contribution in [2.45, 2.75) is 31.9 Å². The molecule has 2 aliphatic rings. The van der Waals surface area contributed by atoms with Crippen molar-refractivity contribution < 1.29 is 13.2 Å². The van der Waals surface area contributed by atoms with E-state index in [0.29, 0.717) is 17.3 Å². The van der Waals surface area contributed by atoms with Crippen molar-refractivity contribution in [1.29, 1.82) is 0 Å². The van der Waals surface area contributed by atoms with E-state index in [1.165, 1.54) is 37.8 Å². The number of hydrogen-bond acceptors (Lipinski definition) is 7. The number of anilines is 4. The van der Waals surface area contributed by atoms with E-state index in [4.69, 9.17) is 22.2 Å². The number of nitrogens with zero attached hydrogens (tertiary/aromatic N) is 5. The third kappa shape index (κ3) is 8.06. The minimum atomic E-state index is -4.35. The SMILES string of the molecule is CN(CCNC(=S)Nc1ccc(C(F)(F)F)cc1)CCNc1cc(N2CCCC2)nc(N2CCCC2)n1. The molecule has 1 aromatic carbocycles. The average molecular weight is 537 g/mol. The van der Waals surface area contributed by atoms with E-state index in [1.807, 2.05) is 7.05 Å². The Morgan fingerprint density at radius 1 is 0.946 bits per heavy atom. The Bertz CT molecular complexity index is 987. The molecule has 0 unspecified atom stereocenters. The summed E-state index contributed by atoms with van der Waals surface area (Å²) in [6.07, 6.45) is 0.419. The third-order valence-electron chi connectivity index (χ3n) is 6.57. The monoisotopic (exact) mass is 536 g/mol. The number of alkyl halides is 3. The number of hydrogen-bond donors (Lipinski definition) is 3. The Balaban J connectivity index is 1.19. The van der Waals surface area contributed by atoms with Crippen molar-refractivity contribution in [3.05, 3.63) is 35.9 Å². The standard InChI is InChI=1S/C25H35F3N8S/c1-34(17-11-30-24(37)31-20-8-6-19(7-9-20)25(26,27)28)16-10-29-21-18-22(35-12-2-3-13-35)33-23(32-21)36-14-4-5-15-36/h6-9,18H,2-5,10-17H2,1H3,(H,29,32,33)(H2,30,31,37). The largest absolute Gasteiger partial charge is 0.416 e. The van der Waals surface area contributed by atoms with E-state index in [0.717, 1.165) is 75.5 Å². The first-order valence-electron chi connectivity index (χ1n) is 12.8. The van der Waals surface area contributed by atoms with Crippen LogP contribution in [0.2, 0.25) is 0 Å². The number of rotatable bonds is 10. The first kappa shape index (κ1) is 27.2. The van der Waals surface area contributed by atoms with Crippen LogP contribution in [-0.2, 0) is 6.18 Å². The van der Waals surface area contributed by atoms with E-state index < -0.39 is 11.7 Å². The van der Waals surface area contributed by atoms with Crippen LogP contribution in [0.3, 0.4) is 0 Å². The topological polar surface area (TPSA) is 71.6 Å². The van der Waals surface area contributed by atoms with Gasteiger partial charge in [-0.15, -0.1) is 0 Å². The molecule has 2 aromatic rings. The van der Waals surface area contributed by atoms with Gasteiger partial charge in [-0.2, -0.15) is 23.1 Å². The number of likely N-dealkylation sites (N-methyl/N-ethyl adjacent to an activating group) is 1. The van der Waals surface area contributed by atoms with Crippen LogP contribution in [0.15, 0.2) is 30.3 Å². The molecule has 4 rings (SSSR count). The Morgan fingerprint density at radius 3 is 2.22 bits per heavy atom. The van der Waals surface area contributed by atoms with Crippen LogP contribution in [-0.4, -0.2) is 79.4 Å². The van der Waals surface area contributed by atoms with Crippen molar-refractivity contribution in [1.82, 2.24) is 20.2 Å². The molecule has 3 heterocycles. The van der Waals surface area contributed by atoms with Gasteiger partial charge < -0.3 is 30.7 Å². The Labute approximate surface area is 221 Å². The Hall–Kier alpha value is -2.86. The second-order valence-electron chi connectivity index (χ2n) is 9.49. The molecule has 0 amide bonds. The molecule has 0 bridgehead atoms. The molecular weight excluding hydrogens is 501 g/mol. The smallest absolute Gasteiger partial charge is 0.369 e. The van der Waals surface area contributed by atoms with Gasteiger partial charge in [0, 0.05) is 64.1 Å². The number of benzene rings is 1. The van der Waals surface area contributed by atoms with E-state index in [1.54, 1.807) is 0 Å². The molecule has 12 heteroatoms. The molecule has 0 atom stereocenters. The summed E-state index contributed by atoms with van der Waals surface area (Å²) < 4.78 is 38.1. The summed E-state index contributed by atoms with van der Waals surface area (Å²) in [5.41, 5.74) is -0.178. The van der Waals surface area contributed by atoms with Gasteiger partial charge in [-0.25, -0.2) is 0 Å². The van der Waals surface area contributed by atoms with Crippen LogP contribution in [0.1, 0.15) is 31.2 Å². The summed E-state index contributed by atoms with van der Waals surface area (Å²) in [5, 5.41) is 9.85. The van der Waals surface area contributed by atoms with Gasteiger partial charge >= 0.3 is 6.18 Å². The lowest BCUT2D eigenvalue weighted by Gasteiger charge is -2.22. The maximum Gasteiger partial charge on any atom is 0.416 e. The molecule has 0 radical (unpaired) electrons. The van der Waals surface area contributed by atoms with E-state index in [2.05, 4.69) is 36.7 Å². The molecule has 0 spiro atoms. The summed E-state index contributed by atoms with van der Waals surface area (Å²) in [7, 11) is 2.03. The van der Waals surface area contributed by atoms with Crippen LogP contribution in [0.25, 0.3) is 0 Å². The number of aromatic nitrogens is 2. The van der Waals surface area contributed by atoms with Crippen molar-refractivity contribution >= 4 is 40.6 Å². The highest BCUT2D eigenvalue weighted by Crippen LogP contribution is 2.30. The highest BCUT2D eigenvalue weighted by molar-refractivity contribution is 7.80. The van der Waals surface area contributed by atoms with E-state index in [9.17, 15) is 13.2 Å². The summed E-state index contributed by atoms with van der Waals surface area (Å²) in [6.45, 7) is 7.00. The first-order chi connectivity index (χ1) is 17.8. The van der Waals surface area contributed by atoms with Gasteiger partial charge in [0.1, 0.15) is 11.6 Å². The van der Waals surface area contributed by atoms with Gasteiger partial charge in [0.25, 0.3) is 0 Å². The van der Waals surface area contributed by atoms with Crippen LogP contribution < -0.4 is 25.8 Å². The molecule has 2 saturated heterocycles. The molecule has 202 valence electrons. The zero-order valence-corrected chi connectivity index (χ0v) is 22.0.